The molecular weight excluding hydrogens is 246 g/mol. The van der Waals surface area contributed by atoms with Gasteiger partial charge in [-0.25, -0.2) is 0 Å². The molecule has 0 aliphatic heterocycles. The van der Waals surface area contributed by atoms with E-state index in [1.165, 1.54) is 0 Å². The van der Waals surface area contributed by atoms with Crippen molar-refractivity contribution < 1.29 is 0 Å². The normalized spacial score (nSPS) is 9.87. The van der Waals surface area contributed by atoms with Crippen LogP contribution in [0.15, 0.2) is 44.8 Å². The van der Waals surface area contributed by atoms with E-state index in [0.717, 1.165) is 9.10 Å². The quantitative estimate of drug-likeness (QED) is 0.789. The van der Waals surface area contributed by atoms with Crippen LogP contribution in [0.3, 0.4) is 0 Å². The zero-order valence-corrected chi connectivity index (χ0v) is 9.99. The molecule has 0 saturated heterocycles. The van der Waals surface area contributed by atoms with E-state index in [2.05, 4.69) is 6.07 Å². The van der Waals surface area contributed by atoms with Gasteiger partial charge >= 0.3 is 0 Å². The van der Waals surface area contributed by atoms with Gasteiger partial charge in [0.1, 0.15) is 6.07 Å². The molecule has 1 aromatic carbocycles. The van der Waals surface area contributed by atoms with Crippen LogP contribution in [-0.2, 0) is 0 Å². The van der Waals surface area contributed by atoms with Crippen LogP contribution in [0.25, 0.3) is 0 Å². The van der Waals surface area contributed by atoms with Crippen LogP contribution < -0.4 is 0 Å². The van der Waals surface area contributed by atoms with Gasteiger partial charge in [0.2, 0.25) is 0 Å². The van der Waals surface area contributed by atoms with Crippen LogP contribution in [0, 0.1) is 11.3 Å². The first-order valence-electron chi connectivity index (χ1n) is 4.21. The van der Waals surface area contributed by atoms with Crippen LogP contribution in [0.1, 0.15) is 5.56 Å². The summed E-state index contributed by atoms with van der Waals surface area (Å²) in [5.74, 6) is 0. The third-order valence-corrected chi connectivity index (χ3v) is 4.21. The zero-order valence-electron chi connectivity index (χ0n) is 7.61. The van der Waals surface area contributed by atoms with Crippen LogP contribution in [0.4, 0.5) is 0 Å². The average molecular weight is 252 g/mol. The molecule has 15 heavy (non-hydrogen) atoms. The van der Waals surface area contributed by atoms with E-state index in [-0.39, 0.29) is 0 Å². The maximum Gasteiger partial charge on any atom is 0.102 e. The Bertz CT molecular complexity index is 500. The highest BCUT2D eigenvalue weighted by atomic mass is 35.5. The molecule has 0 atom stereocenters. The van der Waals surface area contributed by atoms with E-state index in [4.69, 9.17) is 16.9 Å². The fourth-order valence-electron chi connectivity index (χ4n) is 1.13. The Morgan fingerprint density at radius 2 is 2.13 bits per heavy atom. The maximum atomic E-state index is 8.98. The lowest BCUT2D eigenvalue weighted by atomic mass is 10.2. The smallest absolute Gasteiger partial charge is 0.102 e. The van der Waals surface area contributed by atoms with Crippen LogP contribution in [0.2, 0.25) is 5.02 Å². The van der Waals surface area contributed by atoms with E-state index in [1.54, 1.807) is 29.2 Å². The number of halogens is 1. The molecule has 0 N–H and O–H groups in total. The lowest BCUT2D eigenvalue weighted by molar-refractivity contribution is 1.37. The van der Waals surface area contributed by atoms with Gasteiger partial charge in [0.05, 0.1) is 14.8 Å². The topological polar surface area (TPSA) is 23.8 Å². The molecule has 0 fully saturated rings. The molecule has 0 amide bonds. The number of thiophene rings is 1. The Balaban J connectivity index is 2.37. The third kappa shape index (κ3) is 2.35. The Morgan fingerprint density at radius 3 is 2.80 bits per heavy atom. The molecule has 74 valence electrons. The summed E-state index contributed by atoms with van der Waals surface area (Å²) in [7, 11) is 0. The number of hydrogen-bond acceptors (Lipinski definition) is 3. The van der Waals surface area contributed by atoms with E-state index in [0.29, 0.717) is 10.6 Å². The van der Waals surface area contributed by atoms with Gasteiger partial charge in [0.15, 0.2) is 0 Å². The predicted octanol–water partition coefficient (Wildman–Crippen LogP) is 4.42. The average Bonchev–Trinajstić information content (AvgIpc) is 2.71. The second-order valence-electron chi connectivity index (χ2n) is 2.76. The number of nitrogens with zero attached hydrogens (tertiary/aromatic N) is 1. The molecule has 1 heterocycles. The first-order valence-corrected chi connectivity index (χ1v) is 6.28. The van der Waals surface area contributed by atoms with Gasteiger partial charge in [-0.2, -0.15) is 5.26 Å². The third-order valence-electron chi connectivity index (χ3n) is 1.79. The molecule has 0 bridgehead atoms. The number of benzene rings is 1. The van der Waals surface area contributed by atoms with Crippen molar-refractivity contribution in [2.45, 2.75) is 9.10 Å². The maximum absolute atomic E-state index is 8.98. The Kier molecular flexibility index (Phi) is 3.32. The van der Waals surface area contributed by atoms with Gasteiger partial charge in [-0.3, -0.25) is 0 Å². The van der Waals surface area contributed by atoms with E-state index >= 15 is 0 Å². The highest BCUT2D eigenvalue weighted by Gasteiger charge is 2.07. The Hall–Kier alpha value is -0.950. The van der Waals surface area contributed by atoms with Crippen molar-refractivity contribution in [2.24, 2.45) is 0 Å². The van der Waals surface area contributed by atoms with Crippen LogP contribution in [0.5, 0.6) is 0 Å². The van der Waals surface area contributed by atoms with Crippen molar-refractivity contribution in [3.05, 3.63) is 46.3 Å². The van der Waals surface area contributed by atoms with E-state index in [9.17, 15) is 0 Å². The molecule has 1 nitrogen and oxygen atoms in total. The lowest BCUT2D eigenvalue weighted by Crippen LogP contribution is -1.81. The summed E-state index contributed by atoms with van der Waals surface area (Å²) in [4.78, 5) is 0.910. The van der Waals surface area contributed by atoms with E-state index in [1.807, 2.05) is 29.6 Å². The standard InChI is InChI=1S/C11H6ClNS2/c12-9-3-1-4-10(8(9)7-13)15-11-5-2-6-14-11/h1-6H. The van der Waals surface area contributed by atoms with Crippen LogP contribution in [-0.4, -0.2) is 0 Å². The Labute approximate surface area is 101 Å². The number of hydrogen-bond donors (Lipinski definition) is 0. The Morgan fingerprint density at radius 1 is 1.27 bits per heavy atom. The van der Waals surface area contributed by atoms with Crippen molar-refractivity contribution in [2.75, 3.05) is 0 Å². The highest BCUT2D eigenvalue weighted by molar-refractivity contribution is 8.01. The first-order chi connectivity index (χ1) is 7.31. The number of nitriles is 1. The summed E-state index contributed by atoms with van der Waals surface area (Å²) < 4.78 is 1.16. The highest BCUT2D eigenvalue weighted by Crippen LogP contribution is 2.35. The molecule has 0 saturated carbocycles. The van der Waals surface area contributed by atoms with Gasteiger partial charge in [0.25, 0.3) is 0 Å². The van der Waals surface area contributed by atoms with Crippen LogP contribution >= 0.6 is 34.7 Å². The van der Waals surface area contributed by atoms with Crippen molar-refractivity contribution in [3.8, 4) is 6.07 Å². The second kappa shape index (κ2) is 4.71. The monoisotopic (exact) mass is 251 g/mol. The molecule has 1 aromatic heterocycles. The fourth-order valence-corrected chi connectivity index (χ4v) is 3.25. The minimum absolute atomic E-state index is 0.513. The minimum atomic E-state index is 0.513. The summed E-state index contributed by atoms with van der Waals surface area (Å²) in [6, 6.07) is 11.6. The van der Waals surface area contributed by atoms with Crippen molar-refractivity contribution in [1.82, 2.24) is 0 Å². The summed E-state index contributed by atoms with van der Waals surface area (Å²) >= 11 is 9.16. The molecule has 2 rings (SSSR count). The van der Waals surface area contributed by atoms with Crippen molar-refractivity contribution in [3.63, 3.8) is 0 Å². The predicted molar refractivity (Wildman–Crippen MR) is 64.6 cm³/mol. The first kappa shape index (κ1) is 10.6. The molecule has 0 aliphatic carbocycles. The summed E-state index contributed by atoms with van der Waals surface area (Å²) in [6.45, 7) is 0. The molecule has 0 radical (unpaired) electrons. The number of rotatable bonds is 2. The zero-order chi connectivity index (χ0) is 10.7. The van der Waals surface area contributed by atoms with Gasteiger partial charge in [-0.15, -0.1) is 11.3 Å². The lowest BCUT2D eigenvalue weighted by Gasteiger charge is -2.02. The van der Waals surface area contributed by atoms with Gasteiger partial charge < -0.3 is 0 Å². The molecule has 0 unspecified atom stereocenters. The largest absolute Gasteiger partial charge is 0.192 e. The van der Waals surface area contributed by atoms with Gasteiger partial charge in [-0.1, -0.05) is 35.5 Å². The molecule has 0 aliphatic rings. The summed E-state index contributed by atoms with van der Waals surface area (Å²) in [5, 5.41) is 11.5. The summed E-state index contributed by atoms with van der Waals surface area (Å²) in [6.07, 6.45) is 0. The SMILES string of the molecule is N#Cc1c(Cl)cccc1Sc1cccs1. The van der Waals surface area contributed by atoms with Gasteiger partial charge in [0, 0.05) is 4.90 Å². The molecular formula is C11H6ClNS2. The van der Waals surface area contributed by atoms with Crippen molar-refractivity contribution in [1.29, 1.82) is 5.26 Å². The molecule has 4 heteroatoms. The second-order valence-corrected chi connectivity index (χ2v) is 5.46. The van der Waals surface area contributed by atoms with Gasteiger partial charge in [-0.05, 0) is 23.6 Å². The molecule has 2 aromatic rings. The molecule has 0 spiro atoms. The fraction of sp³-hybridized carbons (Fsp3) is 0. The summed E-state index contributed by atoms with van der Waals surface area (Å²) in [5.41, 5.74) is 0.553. The van der Waals surface area contributed by atoms with E-state index < -0.39 is 0 Å². The minimum Gasteiger partial charge on any atom is -0.192 e. The van der Waals surface area contributed by atoms with Crippen molar-refractivity contribution >= 4 is 34.7 Å².